The van der Waals surface area contributed by atoms with Gasteiger partial charge in [0.25, 0.3) is 0 Å². The standard InChI is InChI=1S/C21H36N4O/c1-17-9-8-12-25(15-17)18(2)14-22-21(26)23-20(16-24(3)4)13-19-10-6-5-7-11-19/h5-7,10-11,17-18,20H,8-9,12-16H2,1-4H3,(H2,22,23,26). The summed E-state index contributed by atoms with van der Waals surface area (Å²) >= 11 is 0. The Morgan fingerprint density at radius 1 is 1.31 bits per heavy atom. The van der Waals surface area contributed by atoms with Gasteiger partial charge in [-0.25, -0.2) is 4.79 Å². The molecule has 1 saturated heterocycles. The molecule has 1 aliphatic rings. The Morgan fingerprint density at radius 2 is 2.04 bits per heavy atom. The normalized spacial score (nSPS) is 20.6. The Hall–Kier alpha value is -1.59. The molecule has 1 aromatic carbocycles. The number of urea groups is 1. The maximum absolute atomic E-state index is 12.4. The maximum atomic E-state index is 12.4. The fourth-order valence-electron chi connectivity index (χ4n) is 3.73. The van der Waals surface area contributed by atoms with Crippen molar-refractivity contribution in [3.63, 3.8) is 0 Å². The van der Waals surface area contributed by atoms with E-state index < -0.39 is 0 Å². The summed E-state index contributed by atoms with van der Waals surface area (Å²) in [6, 6.07) is 10.7. The summed E-state index contributed by atoms with van der Waals surface area (Å²) < 4.78 is 0. The van der Waals surface area contributed by atoms with Crippen LogP contribution in [-0.2, 0) is 6.42 Å². The molecule has 3 atom stereocenters. The van der Waals surface area contributed by atoms with Gasteiger partial charge >= 0.3 is 6.03 Å². The van der Waals surface area contributed by atoms with Crippen LogP contribution in [0.1, 0.15) is 32.3 Å². The van der Waals surface area contributed by atoms with Crippen LogP contribution in [0, 0.1) is 5.92 Å². The highest BCUT2D eigenvalue weighted by Gasteiger charge is 2.21. The van der Waals surface area contributed by atoms with Gasteiger partial charge in [-0.2, -0.15) is 0 Å². The first-order valence-corrected chi connectivity index (χ1v) is 9.91. The predicted molar refractivity (Wildman–Crippen MR) is 108 cm³/mol. The van der Waals surface area contributed by atoms with Crippen molar-refractivity contribution < 1.29 is 4.79 Å². The molecule has 26 heavy (non-hydrogen) atoms. The minimum Gasteiger partial charge on any atom is -0.337 e. The first-order valence-electron chi connectivity index (χ1n) is 9.91. The fourth-order valence-corrected chi connectivity index (χ4v) is 3.73. The SMILES string of the molecule is CC1CCCN(C(C)CNC(=O)NC(Cc2ccccc2)CN(C)C)C1. The minimum absolute atomic E-state index is 0.0651. The van der Waals surface area contributed by atoms with Gasteiger partial charge in [0.15, 0.2) is 0 Å². The average Bonchev–Trinajstić information content (AvgIpc) is 2.60. The van der Waals surface area contributed by atoms with E-state index >= 15 is 0 Å². The van der Waals surface area contributed by atoms with Crippen LogP contribution in [0.3, 0.4) is 0 Å². The van der Waals surface area contributed by atoms with Gasteiger partial charge in [0, 0.05) is 31.7 Å². The van der Waals surface area contributed by atoms with E-state index in [-0.39, 0.29) is 12.1 Å². The molecule has 2 rings (SSSR count). The van der Waals surface area contributed by atoms with Crippen LogP contribution in [0.15, 0.2) is 30.3 Å². The van der Waals surface area contributed by atoms with E-state index in [1.807, 2.05) is 32.3 Å². The summed E-state index contributed by atoms with van der Waals surface area (Å²) in [7, 11) is 4.08. The molecular weight excluding hydrogens is 324 g/mol. The number of rotatable bonds is 8. The summed E-state index contributed by atoms with van der Waals surface area (Å²) in [5.74, 6) is 0.760. The first kappa shape index (κ1) is 20.7. The van der Waals surface area contributed by atoms with Gasteiger partial charge in [-0.15, -0.1) is 0 Å². The Labute approximate surface area is 159 Å². The second-order valence-corrected chi connectivity index (χ2v) is 8.09. The number of amides is 2. The van der Waals surface area contributed by atoms with E-state index in [1.54, 1.807) is 0 Å². The summed E-state index contributed by atoms with van der Waals surface area (Å²) in [6.07, 6.45) is 3.42. The summed E-state index contributed by atoms with van der Waals surface area (Å²) in [5.41, 5.74) is 1.25. The van der Waals surface area contributed by atoms with E-state index in [0.29, 0.717) is 12.6 Å². The number of carbonyl (C=O) groups excluding carboxylic acids is 1. The maximum Gasteiger partial charge on any atom is 0.315 e. The molecule has 2 N–H and O–H groups in total. The quantitative estimate of drug-likeness (QED) is 0.749. The summed E-state index contributed by atoms with van der Waals surface area (Å²) in [5, 5.41) is 6.23. The highest BCUT2D eigenvalue weighted by molar-refractivity contribution is 5.74. The lowest BCUT2D eigenvalue weighted by Gasteiger charge is -2.35. The van der Waals surface area contributed by atoms with Gasteiger partial charge in [0.2, 0.25) is 0 Å². The Kier molecular flexibility index (Phi) is 8.39. The first-order chi connectivity index (χ1) is 12.4. The molecule has 0 spiro atoms. The molecule has 2 amide bonds. The van der Waals surface area contributed by atoms with Gasteiger partial charge in [-0.3, -0.25) is 4.90 Å². The lowest BCUT2D eigenvalue weighted by Crippen LogP contribution is -2.51. The van der Waals surface area contributed by atoms with Crippen LogP contribution in [-0.4, -0.2) is 68.2 Å². The third-order valence-corrected chi connectivity index (χ3v) is 5.12. The number of likely N-dealkylation sites (tertiary alicyclic amines) is 1. The van der Waals surface area contributed by atoms with Gasteiger partial charge in [0.05, 0.1) is 0 Å². The van der Waals surface area contributed by atoms with Crippen molar-refractivity contribution in [3.8, 4) is 0 Å². The van der Waals surface area contributed by atoms with Crippen molar-refractivity contribution in [1.29, 1.82) is 0 Å². The smallest absolute Gasteiger partial charge is 0.315 e. The zero-order valence-corrected chi connectivity index (χ0v) is 16.9. The van der Waals surface area contributed by atoms with Gasteiger partial charge < -0.3 is 15.5 Å². The molecule has 1 aromatic rings. The zero-order chi connectivity index (χ0) is 18.9. The number of likely N-dealkylation sites (N-methyl/N-ethyl adjacent to an activating group) is 1. The number of nitrogens with zero attached hydrogens (tertiary/aromatic N) is 2. The molecule has 1 heterocycles. The van der Waals surface area contributed by atoms with Crippen molar-refractivity contribution >= 4 is 6.03 Å². The van der Waals surface area contributed by atoms with Crippen molar-refractivity contribution in [3.05, 3.63) is 35.9 Å². The Morgan fingerprint density at radius 3 is 2.69 bits per heavy atom. The minimum atomic E-state index is -0.0651. The predicted octanol–water partition coefficient (Wildman–Crippen LogP) is 2.58. The monoisotopic (exact) mass is 360 g/mol. The Balaban J connectivity index is 1.80. The van der Waals surface area contributed by atoms with Crippen LogP contribution in [0.5, 0.6) is 0 Å². The third-order valence-electron chi connectivity index (χ3n) is 5.12. The van der Waals surface area contributed by atoms with Gasteiger partial charge in [0.1, 0.15) is 0 Å². The molecule has 0 aromatic heterocycles. The Bertz CT molecular complexity index is 534. The van der Waals surface area contributed by atoms with E-state index in [2.05, 4.69) is 46.4 Å². The second kappa shape index (κ2) is 10.5. The molecule has 0 aliphatic carbocycles. The number of piperidine rings is 1. The van der Waals surface area contributed by atoms with E-state index in [4.69, 9.17) is 0 Å². The number of benzene rings is 1. The topological polar surface area (TPSA) is 47.6 Å². The van der Waals surface area contributed by atoms with Crippen molar-refractivity contribution in [2.45, 2.75) is 45.2 Å². The summed E-state index contributed by atoms with van der Waals surface area (Å²) in [6.45, 7) is 8.32. The van der Waals surface area contributed by atoms with Crippen molar-refractivity contribution in [1.82, 2.24) is 20.4 Å². The van der Waals surface area contributed by atoms with E-state index in [9.17, 15) is 4.79 Å². The second-order valence-electron chi connectivity index (χ2n) is 8.09. The number of hydrogen-bond acceptors (Lipinski definition) is 3. The van der Waals surface area contributed by atoms with Crippen molar-refractivity contribution in [2.75, 3.05) is 40.3 Å². The molecular formula is C21H36N4O. The number of nitrogens with one attached hydrogen (secondary N) is 2. The van der Waals surface area contributed by atoms with Crippen LogP contribution in [0.2, 0.25) is 0 Å². The van der Waals surface area contributed by atoms with E-state index in [1.165, 1.54) is 18.4 Å². The fraction of sp³-hybridized carbons (Fsp3) is 0.667. The molecule has 0 saturated carbocycles. The lowest BCUT2D eigenvalue weighted by atomic mass is 9.99. The van der Waals surface area contributed by atoms with Crippen LogP contribution >= 0.6 is 0 Å². The van der Waals surface area contributed by atoms with Crippen LogP contribution < -0.4 is 10.6 Å². The number of carbonyl (C=O) groups is 1. The average molecular weight is 361 g/mol. The highest BCUT2D eigenvalue weighted by Crippen LogP contribution is 2.17. The summed E-state index contributed by atoms with van der Waals surface area (Å²) in [4.78, 5) is 17.0. The highest BCUT2D eigenvalue weighted by atomic mass is 16.2. The molecule has 0 bridgehead atoms. The molecule has 5 heteroatoms. The van der Waals surface area contributed by atoms with Crippen LogP contribution in [0.4, 0.5) is 4.79 Å². The molecule has 5 nitrogen and oxygen atoms in total. The zero-order valence-electron chi connectivity index (χ0n) is 16.9. The largest absolute Gasteiger partial charge is 0.337 e. The molecule has 0 radical (unpaired) electrons. The van der Waals surface area contributed by atoms with Crippen molar-refractivity contribution in [2.24, 2.45) is 5.92 Å². The molecule has 146 valence electrons. The lowest BCUT2D eigenvalue weighted by molar-refractivity contribution is 0.137. The third kappa shape index (κ3) is 7.34. The van der Waals surface area contributed by atoms with E-state index in [0.717, 1.165) is 32.0 Å². The molecule has 1 aliphatic heterocycles. The van der Waals surface area contributed by atoms with Gasteiger partial charge in [-0.05, 0) is 58.3 Å². The van der Waals surface area contributed by atoms with Crippen LogP contribution in [0.25, 0.3) is 0 Å². The van der Waals surface area contributed by atoms with Gasteiger partial charge in [-0.1, -0.05) is 37.3 Å². The number of hydrogen-bond donors (Lipinski definition) is 2. The molecule has 3 unspecified atom stereocenters. The molecule has 1 fully saturated rings.